The summed E-state index contributed by atoms with van der Waals surface area (Å²) >= 11 is 1.66. The highest BCUT2D eigenvalue weighted by Gasteiger charge is 2.33. The number of hydrogen-bond acceptors (Lipinski definition) is 5. The molecule has 4 rings (SSSR count). The van der Waals surface area contributed by atoms with E-state index in [1.807, 2.05) is 0 Å². The van der Waals surface area contributed by atoms with Gasteiger partial charge >= 0.3 is 0 Å². The summed E-state index contributed by atoms with van der Waals surface area (Å²) in [6, 6.07) is 6.39. The molecule has 25 heavy (non-hydrogen) atoms. The van der Waals surface area contributed by atoms with Gasteiger partial charge in [-0.2, -0.15) is 0 Å². The zero-order valence-electron chi connectivity index (χ0n) is 13.9. The zero-order chi connectivity index (χ0) is 17.6. The van der Waals surface area contributed by atoms with Crippen molar-refractivity contribution in [1.82, 2.24) is 5.32 Å². The van der Waals surface area contributed by atoms with Crippen LogP contribution in [0.15, 0.2) is 24.3 Å². The van der Waals surface area contributed by atoms with Gasteiger partial charge in [0.25, 0.3) is 11.6 Å². The maximum absolute atomic E-state index is 12.7. The molecule has 2 N–H and O–H groups in total. The fourth-order valence-electron chi connectivity index (χ4n) is 3.70. The van der Waals surface area contributed by atoms with Crippen molar-refractivity contribution in [3.8, 4) is 0 Å². The van der Waals surface area contributed by atoms with Gasteiger partial charge in [0.2, 0.25) is 0 Å². The first-order chi connectivity index (χ1) is 12.1. The highest BCUT2D eigenvalue weighted by atomic mass is 32.1. The molecule has 1 aromatic heterocycles. The summed E-state index contributed by atoms with van der Waals surface area (Å²) in [6.45, 7) is 2.21. The van der Waals surface area contributed by atoms with Crippen molar-refractivity contribution in [2.24, 2.45) is 5.92 Å². The van der Waals surface area contributed by atoms with Crippen LogP contribution in [0.5, 0.6) is 0 Å². The van der Waals surface area contributed by atoms with E-state index in [4.69, 9.17) is 0 Å². The van der Waals surface area contributed by atoms with Crippen LogP contribution in [0.1, 0.15) is 52.3 Å². The highest BCUT2D eigenvalue weighted by molar-refractivity contribution is 7.16. The van der Waals surface area contributed by atoms with E-state index in [1.165, 1.54) is 22.6 Å². The van der Waals surface area contributed by atoms with Crippen molar-refractivity contribution >= 4 is 27.9 Å². The molecule has 0 spiro atoms. The third kappa shape index (κ3) is 2.78. The number of nitrogens with zero attached hydrogens (tertiary/aromatic N) is 1. The first kappa shape index (κ1) is 16.1. The number of nitro groups is 1. The molecule has 0 saturated carbocycles. The number of nitrogens with one attached hydrogen (secondary N) is 2. The molecule has 2 aromatic rings. The Labute approximate surface area is 149 Å². The summed E-state index contributed by atoms with van der Waals surface area (Å²) < 4.78 is 0. The Kier molecular flexibility index (Phi) is 3.95. The molecule has 1 amide bonds. The standard InChI is InChI=1S/C18H19N3O3S/c1-2-10-6-7-13-14(8-10)25-18-15(13)17(22)19-16(20-18)11-4-3-5-12(9-11)21(23)24/h3-5,9-10,16,20H,2,6-8H2,1H3,(H,19,22)/t10-,16-/m0/s1. The van der Waals surface area contributed by atoms with Crippen LogP contribution in [0.3, 0.4) is 0 Å². The van der Waals surface area contributed by atoms with Crippen molar-refractivity contribution in [2.75, 3.05) is 5.32 Å². The summed E-state index contributed by atoms with van der Waals surface area (Å²) in [4.78, 5) is 24.6. The van der Waals surface area contributed by atoms with Crippen LogP contribution >= 0.6 is 11.3 Å². The van der Waals surface area contributed by atoms with E-state index in [-0.39, 0.29) is 11.6 Å². The lowest BCUT2D eigenvalue weighted by Crippen LogP contribution is -2.38. The van der Waals surface area contributed by atoms with Crippen molar-refractivity contribution < 1.29 is 9.72 Å². The quantitative estimate of drug-likeness (QED) is 0.642. The van der Waals surface area contributed by atoms with Crippen LogP contribution in [0.4, 0.5) is 10.7 Å². The van der Waals surface area contributed by atoms with Gasteiger partial charge in [-0.25, -0.2) is 0 Å². The Morgan fingerprint density at radius 2 is 2.20 bits per heavy atom. The van der Waals surface area contributed by atoms with Gasteiger partial charge in [0, 0.05) is 22.6 Å². The molecular formula is C18H19N3O3S. The molecule has 1 aromatic carbocycles. The van der Waals surface area contributed by atoms with Gasteiger partial charge < -0.3 is 10.6 Å². The van der Waals surface area contributed by atoms with Crippen molar-refractivity contribution in [2.45, 2.75) is 38.8 Å². The minimum Gasteiger partial charge on any atom is -0.353 e. The number of fused-ring (bicyclic) bond motifs is 3. The average Bonchev–Trinajstić information content (AvgIpc) is 2.99. The lowest BCUT2D eigenvalue weighted by molar-refractivity contribution is -0.384. The molecule has 6 nitrogen and oxygen atoms in total. The number of anilines is 1. The smallest absolute Gasteiger partial charge is 0.269 e. The summed E-state index contributed by atoms with van der Waals surface area (Å²) in [7, 11) is 0. The molecular weight excluding hydrogens is 338 g/mol. The Morgan fingerprint density at radius 3 is 2.96 bits per heavy atom. The number of nitro benzene ring substituents is 1. The maximum atomic E-state index is 12.7. The van der Waals surface area contributed by atoms with E-state index in [1.54, 1.807) is 23.5 Å². The minimum atomic E-state index is -0.443. The molecule has 2 heterocycles. The Morgan fingerprint density at radius 1 is 1.36 bits per heavy atom. The molecule has 0 bridgehead atoms. The third-order valence-corrected chi connectivity index (χ3v) is 6.32. The molecule has 2 aliphatic rings. The monoisotopic (exact) mass is 357 g/mol. The second kappa shape index (κ2) is 6.15. The van der Waals surface area contributed by atoms with E-state index in [2.05, 4.69) is 17.6 Å². The molecule has 1 aliphatic carbocycles. The van der Waals surface area contributed by atoms with Crippen LogP contribution in [-0.2, 0) is 12.8 Å². The zero-order valence-corrected chi connectivity index (χ0v) is 14.7. The first-order valence-electron chi connectivity index (χ1n) is 8.53. The van der Waals surface area contributed by atoms with Gasteiger partial charge in [0.05, 0.1) is 10.5 Å². The van der Waals surface area contributed by atoms with E-state index in [9.17, 15) is 14.9 Å². The summed E-state index contributed by atoms with van der Waals surface area (Å²) in [5.74, 6) is 0.612. The fourth-order valence-corrected chi connectivity index (χ4v) is 5.09. The predicted octanol–water partition coefficient (Wildman–Crippen LogP) is 4.03. The second-order valence-electron chi connectivity index (χ2n) is 6.63. The highest BCUT2D eigenvalue weighted by Crippen LogP contribution is 2.43. The molecule has 0 fully saturated rings. The topological polar surface area (TPSA) is 84.3 Å². The van der Waals surface area contributed by atoms with Gasteiger partial charge in [0.1, 0.15) is 11.2 Å². The van der Waals surface area contributed by atoms with Crippen LogP contribution in [0.2, 0.25) is 0 Å². The Hall–Kier alpha value is -2.41. The van der Waals surface area contributed by atoms with Crippen molar-refractivity contribution in [1.29, 1.82) is 0 Å². The molecule has 0 unspecified atom stereocenters. The number of benzene rings is 1. The molecule has 2 atom stereocenters. The van der Waals surface area contributed by atoms with Gasteiger partial charge in [-0.3, -0.25) is 14.9 Å². The van der Waals surface area contributed by atoms with Gasteiger partial charge in [-0.15, -0.1) is 11.3 Å². The normalized spacial score (nSPS) is 21.7. The number of rotatable bonds is 3. The number of hydrogen-bond donors (Lipinski definition) is 2. The third-order valence-electron chi connectivity index (χ3n) is 5.14. The van der Waals surface area contributed by atoms with Crippen LogP contribution < -0.4 is 10.6 Å². The lowest BCUT2D eigenvalue weighted by Gasteiger charge is -2.27. The van der Waals surface area contributed by atoms with Crippen LogP contribution in [0, 0.1) is 16.0 Å². The fraction of sp³-hybridized carbons (Fsp3) is 0.389. The summed E-state index contributed by atoms with van der Waals surface area (Å²) in [5.41, 5.74) is 2.67. The molecule has 1 aliphatic heterocycles. The van der Waals surface area contributed by atoms with E-state index in [0.29, 0.717) is 11.5 Å². The minimum absolute atomic E-state index is 0.0237. The van der Waals surface area contributed by atoms with Gasteiger partial charge in [-0.1, -0.05) is 25.5 Å². The largest absolute Gasteiger partial charge is 0.353 e. The number of carbonyl (C=O) groups is 1. The molecule has 7 heteroatoms. The van der Waals surface area contributed by atoms with E-state index >= 15 is 0 Å². The molecule has 0 saturated heterocycles. The summed E-state index contributed by atoms with van der Waals surface area (Å²) in [6.07, 6.45) is 3.85. The number of non-ortho nitro benzene ring substituents is 1. The summed E-state index contributed by atoms with van der Waals surface area (Å²) in [5, 5.41) is 18.2. The van der Waals surface area contributed by atoms with E-state index < -0.39 is 11.1 Å². The second-order valence-corrected chi connectivity index (χ2v) is 7.73. The van der Waals surface area contributed by atoms with Crippen molar-refractivity contribution in [3.63, 3.8) is 0 Å². The van der Waals surface area contributed by atoms with Crippen LogP contribution in [0.25, 0.3) is 0 Å². The molecule has 0 radical (unpaired) electrons. The SMILES string of the molecule is CC[C@H]1CCc2c(sc3c2C(=O)N[C@H](c2cccc([N+](=O)[O-])c2)N3)C1. The molecule has 130 valence electrons. The number of thiophene rings is 1. The first-order valence-corrected chi connectivity index (χ1v) is 9.34. The Bertz CT molecular complexity index is 861. The van der Waals surface area contributed by atoms with Crippen LogP contribution in [-0.4, -0.2) is 10.8 Å². The Balaban J connectivity index is 1.66. The van der Waals surface area contributed by atoms with Gasteiger partial charge in [-0.05, 0) is 30.7 Å². The van der Waals surface area contributed by atoms with Crippen molar-refractivity contribution in [3.05, 3.63) is 55.9 Å². The van der Waals surface area contributed by atoms with E-state index in [0.717, 1.165) is 36.2 Å². The number of carbonyl (C=O) groups excluding carboxylic acids is 1. The van der Waals surface area contributed by atoms with Gasteiger partial charge in [0.15, 0.2) is 0 Å². The number of amides is 1. The average molecular weight is 357 g/mol. The lowest BCUT2D eigenvalue weighted by atomic mass is 9.85. The predicted molar refractivity (Wildman–Crippen MR) is 97.1 cm³/mol. The maximum Gasteiger partial charge on any atom is 0.269 e.